The van der Waals surface area contributed by atoms with Crippen molar-refractivity contribution in [3.05, 3.63) is 55.7 Å². The van der Waals surface area contributed by atoms with E-state index in [1.807, 2.05) is 0 Å². The summed E-state index contributed by atoms with van der Waals surface area (Å²) in [6.07, 6.45) is -1.26. The first-order valence-corrected chi connectivity index (χ1v) is 6.73. The summed E-state index contributed by atoms with van der Waals surface area (Å²) >= 11 is 12.1. The quantitative estimate of drug-likeness (QED) is 0.661. The van der Waals surface area contributed by atoms with Crippen molar-refractivity contribution in [2.45, 2.75) is 13.0 Å². The Morgan fingerprint density at radius 2 is 2.10 bits per heavy atom. The summed E-state index contributed by atoms with van der Waals surface area (Å²) < 4.78 is 10.2. The molecule has 1 unspecified atom stereocenters. The van der Waals surface area contributed by atoms with Crippen LogP contribution in [0.5, 0.6) is 5.75 Å². The Labute approximate surface area is 130 Å². The van der Waals surface area contributed by atoms with Crippen LogP contribution >= 0.6 is 23.2 Å². The van der Waals surface area contributed by atoms with Gasteiger partial charge >= 0.3 is 5.88 Å². The van der Waals surface area contributed by atoms with Crippen LogP contribution in [0.4, 0.5) is 5.88 Å². The average molecular weight is 332 g/mol. The molecule has 0 aliphatic heterocycles. The Bertz CT molecular complexity index is 671. The average Bonchev–Trinajstić information content (AvgIpc) is 2.92. The van der Waals surface area contributed by atoms with Crippen LogP contribution in [0.3, 0.4) is 0 Å². The summed E-state index contributed by atoms with van der Waals surface area (Å²) in [6, 6.07) is 5.38. The van der Waals surface area contributed by atoms with E-state index in [0.717, 1.165) is 6.07 Å². The number of furan rings is 1. The summed E-state index contributed by atoms with van der Waals surface area (Å²) in [5.41, 5.74) is 0.273. The molecule has 1 aromatic carbocycles. The summed E-state index contributed by atoms with van der Waals surface area (Å²) in [7, 11) is 0. The van der Waals surface area contributed by atoms with Crippen molar-refractivity contribution in [2.24, 2.45) is 0 Å². The predicted molar refractivity (Wildman–Crippen MR) is 77.1 cm³/mol. The van der Waals surface area contributed by atoms with Crippen LogP contribution < -0.4 is 4.74 Å². The zero-order chi connectivity index (χ0) is 15.6. The number of nitrogens with zero attached hydrogens (tertiary/aromatic N) is 1. The van der Waals surface area contributed by atoms with Gasteiger partial charge in [-0.2, -0.15) is 0 Å². The van der Waals surface area contributed by atoms with Crippen LogP contribution in [0.1, 0.15) is 24.4 Å². The highest BCUT2D eigenvalue weighted by Crippen LogP contribution is 2.37. The van der Waals surface area contributed by atoms with Gasteiger partial charge in [-0.05, 0) is 19.1 Å². The number of nitro groups is 1. The van der Waals surface area contributed by atoms with Crippen LogP contribution in [-0.2, 0) is 0 Å². The minimum atomic E-state index is -1.26. The molecule has 6 nitrogen and oxygen atoms in total. The van der Waals surface area contributed by atoms with E-state index in [2.05, 4.69) is 0 Å². The minimum absolute atomic E-state index is 0.00354. The van der Waals surface area contributed by atoms with Crippen molar-refractivity contribution in [2.75, 3.05) is 6.61 Å². The fourth-order valence-electron chi connectivity index (χ4n) is 1.76. The summed E-state index contributed by atoms with van der Waals surface area (Å²) in [6.45, 7) is 2.22. The lowest BCUT2D eigenvalue weighted by atomic mass is 10.1. The van der Waals surface area contributed by atoms with E-state index in [9.17, 15) is 15.2 Å². The van der Waals surface area contributed by atoms with E-state index in [1.165, 1.54) is 18.2 Å². The number of halogens is 2. The molecular weight excluding hydrogens is 321 g/mol. The lowest BCUT2D eigenvalue weighted by Crippen LogP contribution is -2.01. The van der Waals surface area contributed by atoms with Crippen LogP contribution in [0.25, 0.3) is 0 Å². The minimum Gasteiger partial charge on any atom is -0.492 e. The largest absolute Gasteiger partial charge is 0.492 e. The second-order valence-corrected chi connectivity index (χ2v) is 4.89. The van der Waals surface area contributed by atoms with Gasteiger partial charge in [0, 0.05) is 11.6 Å². The van der Waals surface area contributed by atoms with Crippen molar-refractivity contribution in [1.29, 1.82) is 0 Å². The third-order valence-electron chi connectivity index (χ3n) is 2.71. The first-order valence-electron chi connectivity index (χ1n) is 5.98. The third-order valence-corrected chi connectivity index (χ3v) is 3.33. The molecule has 112 valence electrons. The monoisotopic (exact) mass is 331 g/mol. The molecule has 2 aromatic rings. The molecule has 0 aliphatic carbocycles. The molecule has 0 fully saturated rings. The normalized spacial score (nSPS) is 12.2. The van der Waals surface area contributed by atoms with E-state index in [0.29, 0.717) is 12.4 Å². The fourth-order valence-corrected chi connectivity index (χ4v) is 2.24. The van der Waals surface area contributed by atoms with Crippen molar-refractivity contribution < 1.29 is 19.2 Å². The molecule has 0 bridgehead atoms. The molecular formula is C13H11Cl2NO5. The van der Waals surface area contributed by atoms with Gasteiger partial charge in [0.05, 0.1) is 22.7 Å². The number of hydrogen-bond acceptors (Lipinski definition) is 5. The zero-order valence-electron chi connectivity index (χ0n) is 10.9. The van der Waals surface area contributed by atoms with Gasteiger partial charge in [-0.25, -0.2) is 0 Å². The van der Waals surface area contributed by atoms with Crippen molar-refractivity contribution in [1.82, 2.24) is 0 Å². The predicted octanol–water partition coefficient (Wildman–Crippen LogP) is 3.98. The second-order valence-electron chi connectivity index (χ2n) is 4.07. The fraction of sp³-hybridized carbons (Fsp3) is 0.231. The number of aliphatic hydroxyl groups excluding tert-OH is 1. The van der Waals surface area contributed by atoms with E-state index in [4.69, 9.17) is 32.4 Å². The van der Waals surface area contributed by atoms with Gasteiger partial charge in [-0.3, -0.25) is 10.1 Å². The molecule has 0 spiro atoms. The molecule has 21 heavy (non-hydrogen) atoms. The lowest BCUT2D eigenvalue weighted by molar-refractivity contribution is -0.402. The zero-order valence-corrected chi connectivity index (χ0v) is 12.4. The maximum Gasteiger partial charge on any atom is 0.433 e. The molecule has 1 heterocycles. The number of hydrogen-bond donors (Lipinski definition) is 1. The van der Waals surface area contributed by atoms with Crippen LogP contribution in [0.2, 0.25) is 10.0 Å². The highest BCUT2D eigenvalue weighted by Gasteiger charge is 2.22. The van der Waals surface area contributed by atoms with E-state index in [-0.39, 0.29) is 21.4 Å². The summed E-state index contributed by atoms with van der Waals surface area (Å²) in [5, 5.41) is 21.3. The first-order chi connectivity index (χ1) is 9.93. The van der Waals surface area contributed by atoms with Crippen molar-refractivity contribution in [3.63, 3.8) is 0 Å². The number of ether oxygens (including phenoxy) is 1. The van der Waals surface area contributed by atoms with Gasteiger partial charge in [0.15, 0.2) is 0 Å². The van der Waals surface area contributed by atoms with E-state index in [1.54, 1.807) is 6.92 Å². The third kappa shape index (κ3) is 3.29. The number of aliphatic hydroxyl groups is 1. The molecule has 0 saturated heterocycles. The molecule has 2 rings (SSSR count). The summed E-state index contributed by atoms with van der Waals surface area (Å²) in [5.74, 6) is -0.0634. The van der Waals surface area contributed by atoms with Gasteiger partial charge in [0.2, 0.25) is 0 Å². The maximum absolute atomic E-state index is 10.6. The lowest BCUT2D eigenvalue weighted by Gasteiger charge is -2.13. The molecule has 0 amide bonds. The second kappa shape index (κ2) is 6.34. The number of benzene rings is 1. The van der Waals surface area contributed by atoms with Gasteiger partial charge in [-0.1, -0.05) is 23.2 Å². The molecule has 0 saturated carbocycles. The van der Waals surface area contributed by atoms with Gasteiger partial charge in [0.25, 0.3) is 0 Å². The Morgan fingerprint density at radius 1 is 1.38 bits per heavy atom. The highest BCUT2D eigenvalue weighted by atomic mass is 35.5. The maximum atomic E-state index is 10.6. The Balaban J connectivity index is 2.36. The number of rotatable bonds is 5. The van der Waals surface area contributed by atoms with Crippen molar-refractivity contribution >= 4 is 29.1 Å². The first kappa shape index (κ1) is 15.6. The molecule has 8 heteroatoms. The van der Waals surface area contributed by atoms with Crippen LogP contribution in [0, 0.1) is 10.1 Å². The smallest absolute Gasteiger partial charge is 0.433 e. The van der Waals surface area contributed by atoms with Gasteiger partial charge in [0.1, 0.15) is 22.5 Å². The Hall–Kier alpha value is -1.76. The van der Waals surface area contributed by atoms with Gasteiger partial charge in [-0.15, -0.1) is 0 Å². The topological polar surface area (TPSA) is 85.7 Å². The molecule has 1 N–H and O–H groups in total. The van der Waals surface area contributed by atoms with E-state index >= 15 is 0 Å². The molecule has 0 aliphatic rings. The van der Waals surface area contributed by atoms with E-state index < -0.39 is 16.9 Å². The highest BCUT2D eigenvalue weighted by molar-refractivity contribution is 6.34. The molecule has 0 radical (unpaired) electrons. The van der Waals surface area contributed by atoms with Crippen LogP contribution in [-0.4, -0.2) is 16.6 Å². The SMILES string of the molecule is CCOc1cc(Cl)c(C(O)c2ccc([N+](=O)[O-])o2)cc1Cl. The van der Waals surface area contributed by atoms with Crippen molar-refractivity contribution in [3.8, 4) is 5.75 Å². The summed E-state index contributed by atoms with van der Waals surface area (Å²) in [4.78, 5) is 9.89. The molecule has 1 aromatic heterocycles. The van der Waals surface area contributed by atoms with Gasteiger partial charge < -0.3 is 14.3 Å². The van der Waals surface area contributed by atoms with Crippen LogP contribution in [0.15, 0.2) is 28.7 Å². The molecule has 1 atom stereocenters. The Kier molecular flexibility index (Phi) is 4.72. The Morgan fingerprint density at radius 3 is 2.67 bits per heavy atom. The standard InChI is InChI=1S/C13H11Cl2NO5/c1-2-20-11-6-8(14)7(5-9(11)15)13(17)10-3-4-12(21-10)16(18)19/h3-6,13,17H,2H2,1H3.